The molecule has 33 heavy (non-hydrogen) atoms. The van der Waals surface area contributed by atoms with E-state index in [9.17, 15) is 21.6 Å². The monoisotopic (exact) mass is 507 g/mol. The van der Waals surface area contributed by atoms with Crippen LogP contribution >= 0.6 is 11.6 Å². The molecule has 0 radical (unpaired) electrons. The Labute approximate surface area is 198 Å². The van der Waals surface area contributed by atoms with Crippen molar-refractivity contribution in [1.82, 2.24) is 0 Å². The van der Waals surface area contributed by atoms with E-state index < -0.39 is 26.0 Å². The molecule has 0 unspecified atom stereocenters. The number of halogens is 1. The van der Waals surface area contributed by atoms with Gasteiger partial charge in [0.05, 0.1) is 27.4 Å². The summed E-state index contributed by atoms with van der Waals surface area (Å²) in [6.07, 6.45) is 0.992. The van der Waals surface area contributed by atoms with Crippen LogP contribution in [-0.2, 0) is 20.0 Å². The van der Waals surface area contributed by atoms with Crippen molar-refractivity contribution in [1.29, 1.82) is 0 Å². The number of nitrogens with one attached hydrogen (secondary N) is 3. The molecule has 3 N–H and O–H groups in total. The molecule has 0 atom stereocenters. The quantitative estimate of drug-likeness (QED) is 0.438. The van der Waals surface area contributed by atoms with Gasteiger partial charge in [-0.25, -0.2) is 16.8 Å². The molecule has 0 fully saturated rings. The topological polar surface area (TPSA) is 121 Å². The van der Waals surface area contributed by atoms with E-state index in [1.807, 2.05) is 26.0 Å². The molecule has 0 saturated heterocycles. The predicted molar refractivity (Wildman–Crippen MR) is 131 cm³/mol. The van der Waals surface area contributed by atoms with Crippen LogP contribution in [0.5, 0.6) is 0 Å². The zero-order valence-corrected chi connectivity index (χ0v) is 20.4. The van der Waals surface area contributed by atoms with Crippen LogP contribution in [0.25, 0.3) is 0 Å². The van der Waals surface area contributed by atoms with Crippen LogP contribution in [0.1, 0.15) is 21.5 Å². The number of hydrogen-bond acceptors (Lipinski definition) is 5. The molecule has 0 heterocycles. The molecule has 0 aliphatic heterocycles. The highest BCUT2D eigenvalue weighted by atomic mass is 35.5. The highest BCUT2D eigenvalue weighted by molar-refractivity contribution is 7.92. The first-order chi connectivity index (χ1) is 15.3. The number of hydrogen-bond donors (Lipinski definition) is 3. The number of benzene rings is 3. The van der Waals surface area contributed by atoms with Crippen molar-refractivity contribution in [3.63, 3.8) is 0 Å². The van der Waals surface area contributed by atoms with Crippen molar-refractivity contribution in [2.24, 2.45) is 0 Å². The molecule has 11 heteroatoms. The molecule has 174 valence electrons. The largest absolute Gasteiger partial charge is 0.322 e. The molecule has 0 saturated carbocycles. The zero-order chi connectivity index (χ0) is 24.4. The summed E-state index contributed by atoms with van der Waals surface area (Å²) in [5.74, 6) is -0.582. The van der Waals surface area contributed by atoms with E-state index in [4.69, 9.17) is 11.6 Å². The van der Waals surface area contributed by atoms with Crippen molar-refractivity contribution in [2.45, 2.75) is 18.7 Å². The normalized spacial score (nSPS) is 11.6. The minimum atomic E-state index is -3.83. The first-order valence-electron chi connectivity index (χ1n) is 9.63. The van der Waals surface area contributed by atoms with E-state index >= 15 is 0 Å². The van der Waals surface area contributed by atoms with Crippen LogP contribution in [0.15, 0.2) is 65.6 Å². The third-order valence-corrected chi connectivity index (χ3v) is 6.89. The average Bonchev–Trinajstić information content (AvgIpc) is 2.71. The molecule has 0 aliphatic rings. The fourth-order valence-corrected chi connectivity index (χ4v) is 4.82. The van der Waals surface area contributed by atoms with Crippen LogP contribution in [0, 0.1) is 13.8 Å². The second-order valence-electron chi connectivity index (χ2n) is 7.47. The van der Waals surface area contributed by atoms with Gasteiger partial charge in [0.25, 0.3) is 15.9 Å². The average molecular weight is 508 g/mol. The Morgan fingerprint density at radius 3 is 2.09 bits per heavy atom. The lowest BCUT2D eigenvalue weighted by Crippen LogP contribution is -2.15. The maximum Gasteiger partial charge on any atom is 0.261 e. The summed E-state index contributed by atoms with van der Waals surface area (Å²) in [5, 5.41) is 2.75. The second kappa shape index (κ2) is 9.42. The van der Waals surface area contributed by atoms with E-state index in [0.717, 1.165) is 17.4 Å². The molecule has 3 rings (SSSR count). The molecule has 8 nitrogen and oxygen atoms in total. The van der Waals surface area contributed by atoms with Crippen LogP contribution in [-0.4, -0.2) is 29.0 Å². The van der Waals surface area contributed by atoms with Crippen LogP contribution < -0.4 is 14.8 Å². The lowest BCUT2D eigenvalue weighted by molar-refractivity contribution is 0.102. The Morgan fingerprint density at radius 1 is 0.818 bits per heavy atom. The SMILES string of the molecule is Cc1ccc(C)c(NS(=O)(=O)c2ccc(NC(=O)c3cc(NS(C)(=O)=O)ccc3Cl)cc2)c1. The fourth-order valence-electron chi connectivity index (χ4n) is 2.94. The van der Waals surface area contributed by atoms with Crippen LogP contribution in [0.4, 0.5) is 17.1 Å². The molecule has 0 aromatic heterocycles. The Bertz CT molecular complexity index is 1420. The third-order valence-electron chi connectivity index (χ3n) is 4.57. The molecule has 1 amide bonds. The number of anilines is 3. The second-order valence-corrected chi connectivity index (χ2v) is 11.3. The summed E-state index contributed by atoms with van der Waals surface area (Å²) in [6, 6.07) is 15.2. The van der Waals surface area contributed by atoms with Crippen molar-refractivity contribution >= 4 is 54.6 Å². The fraction of sp³-hybridized carbons (Fsp3) is 0.136. The van der Waals surface area contributed by atoms with Gasteiger partial charge in [-0.1, -0.05) is 23.7 Å². The summed E-state index contributed by atoms with van der Waals surface area (Å²) >= 11 is 6.09. The smallest absolute Gasteiger partial charge is 0.261 e. The molecule has 3 aromatic carbocycles. The van der Waals surface area contributed by atoms with Gasteiger partial charge in [0, 0.05) is 11.4 Å². The molecular formula is C22H22ClN3O5S2. The van der Waals surface area contributed by atoms with Gasteiger partial charge in [-0.3, -0.25) is 14.2 Å². The van der Waals surface area contributed by atoms with Gasteiger partial charge in [0.15, 0.2) is 0 Å². The number of carbonyl (C=O) groups is 1. The molecule has 0 aliphatic carbocycles. The molecular weight excluding hydrogens is 486 g/mol. The van der Waals surface area contributed by atoms with Gasteiger partial charge in [0.1, 0.15) is 0 Å². The summed E-state index contributed by atoms with van der Waals surface area (Å²) in [4.78, 5) is 12.7. The highest BCUT2D eigenvalue weighted by Gasteiger charge is 2.17. The van der Waals surface area contributed by atoms with Gasteiger partial charge in [-0.15, -0.1) is 0 Å². The van der Waals surface area contributed by atoms with E-state index in [1.165, 1.54) is 42.5 Å². The van der Waals surface area contributed by atoms with E-state index in [-0.39, 0.29) is 21.2 Å². The van der Waals surface area contributed by atoms with Crippen LogP contribution in [0.3, 0.4) is 0 Å². The Kier molecular flexibility index (Phi) is 7.01. The predicted octanol–water partition coefficient (Wildman–Crippen LogP) is 4.38. The molecule has 3 aromatic rings. The minimum Gasteiger partial charge on any atom is -0.322 e. The number of amides is 1. The molecule has 0 spiro atoms. The lowest BCUT2D eigenvalue weighted by Gasteiger charge is -2.12. The Balaban J connectivity index is 1.77. The number of carbonyl (C=O) groups excluding carboxylic acids is 1. The van der Waals surface area contributed by atoms with E-state index in [1.54, 1.807) is 6.07 Å². The first kappa shape index (κ1) is 24.6. The van der Waals surface area contributed by atoms with Crippen molar-refractivity contribution in [2.75, 3.05) is 21.0 Å². The summed E-state index contributed by atoms with van der Waals surface area (Å²) < 4.78 is 53.2. The molecule has 0 bridgehead atoms. The van der Waals surface area contributed by atoms with Crippen molar-refractivity contribution in [3.05, 3.63) is 82.4 Å². The lowest BCUT2D eigenvalue weighted by atomic mass is 10.1. The summed E-state index contributed by atoms with van der Waals surface area (Å²) in [5.41, 5.74) is 2.78. The number of aryl methyl sites for hydroxylation is 2. The zero-order valence-electron chi connectivity index (χ0n) is 18.0. The Morgan fingerprint density at radius 2 is 1.45 bits per heavy atom. The van der Waals surface area contributed by atoms with E-state index in [2.05, 4.69) is 14.8 Å². The van der Waals surface area contributed by atoms with Crippen molar-refractivity contribution in [3.8, 4) is 0 Å². The van der Waals surface area contributed by atoms with Gasteiger partial charge in [-0.05, 0) is 73.5 Å². The van der Waals surface area contributed by atoms with Gasteiger partial charge in [0.2, 0.25) is 10.0 Å². The number of sulfonamides is 2. The standard InChI is InChI=1S/C22H22ClN3O5S2/c1-14-4-5-15(2)21(12-14)26-33(30,31)18-9-6-16(7-10-18)24-22(27)19-13-17(8-11-20(19)23)25-32(3,28)29/h4-13,25-26H,1-3H3,(H,24,27). The maximum absolute atomic E-state index is 12.7. The third kappa shape index (κ3) is 6.47. The van der Waals surface area contributed by atoms with E-state index in [0.29, 0.717) is 11.4 Å². The maximum atomic E-state index is 12.7. The van der Waals surface area contributed by atoms with Crippen LogP contribution in [0.2, 0.25) is 5.02 Å². The van der Waals surface area contributed by atoms with Gasteiger partial charge in [-0.2, -0.15) is 0 Å². The van der Waals surface area contributed by atoms with Gasteiger partial charge >= 0.3 is 0 Å². The first-order valence-corrected chi connectivity index (χ1v) is 13.4. The van der Waals surface area contributed by atoms with Gasteiger partial charge < -0.3 is 5.32 Å². The summed E-state index contributed by atoms with van der Waals surface area (Å²) in [7, 11) is -7.35. The number of rotatable bonds is 7. The summed E-state index contributed by atoms with van der Waals surface area (Å²) in [6.45, 7) is 3.68. The van der Waals surface area contributed by atoms with Crippen molar-refractivity contribution < 1.29 is 21.6 Å². The Hall–Kier alpha value is -3.08. The highest BCUT2D eigenvalue weighted by Crippen LogP contribution is 2.24. The minimum absolute atomic E-state index is 0.0267.